The molecule has 0 saturated heterocycles. The van der Waals surface area contributed by atoms with E-state index in [1.54, 1.807) is 6.07 Å². The minimum Gasteiger partial charge on any atom is -0.497 e. The molecular weight excluding hydrogens is 418 g/mol. The molecule has 0 aromatic heterocycles. The average Bonchev–Trinajstić information content (AvgIpc) is 3.16. The molecule has 1 aliphatic carbocycles. The van der Waals surface area contributed by atoms with Crippen molar-refractivity contribution in [3.05, 3.63) is 89.0 Å². The van der Waals surface area contributed by atoms with Crippen LogP contribution in [0.3, 0.4) is 0 Å². The topological polar surface area (TPSA) is 84.9 Å². The van der Waals surface area contributed by atoms with Crippen LogP contribution in [-0.2, 0) is 4.74 Å². The first kappa shape index (κ1) is 22.0. The monoisotopic (exact) mass is 441 g/mol. The van der Waals surface area contributed by atoms with E-state index in [1.807, 2.05) is 24.3 Å². The number of aromatic carboxylic acids is 1. The number of carbonyl (C=O) groups is 2. The number of carbonyl (C=O) groups excluding carboxylic acids is 1. The molecule has 0 spiro atoms. The van der Waals surface area contributed by atoms with E-state index in [9.17, 15) is 14.7 Å². The quantitative estimate of drug-likeness (QED) is 0.429. The first-order valence-electron chi connectivity index (χ1n) is 10.6. The summed E-state index contributed by atoms with van der Waals surface area (Å²) < 4.78 is 10.6. The molecule has 0 saturated carbocycles. The standard InChI is InChI=1S/C27H23NO5/c1-32-20-15-18(14-19(16-20)26(29)30)8-6-7-13-28-27(31)33-17-25-23-11-4-2-9-21(23)22-10-3-5-12-24(22)25/h2-5,9-12,14-16,25H,7,13,17H2,1H3,(H,28,31)(H,29,30). The molecule has 6 heteroatoms. The summed E-state index contributed by atoms with van der Waals surface area (Å²) in [6.07, 6.45) is -0.0997. The highest BCUT2D eigenvalue weighted by molar-refractivity contribution is 5.88. The zero-order chi connectivity index (χ0) is 23.2. The molecule has 0 radical (unpaired) electrons. The van der Waals surface area contributed by atoms with E-state index < -0.39 is 12.1 Å². The summed E-state index contributed by atoms with van der Waals surface area (Å²) in [6, 6.07) is 20.9. The van der Waals surface area contributed by atoms with Crippen LogP contribution in [-0.4, -0.2) is 37.4 Å². The Morgan fingerprint density at radius 3 is 2.30 bits per heavy atom. The summed E-state index contributed by atoms with van der Waals surface area (Å²) in [5.74, 6) is 5.22. The first-order chi connectivity index (χ1) is 16.1. The summed E-state index contributed by atoms with van der Waals surface area (Å²) in [5.41, 5.74) is 5.33. The number of hydrogen-bond acceptors (Lipinski definition) is 4. The van der Waals surface area contributed by atoms with Crippen LogP contribution >= 0.6 is 0 Å². The molecule has 0 aliphatic heterocycles. The summed E-state index contributed by atoms with van der Waals surface area (Å²) in [4.78, 5) is 23.4. The smallest absolute Gasteiger partial charge is 0.407 e. The number of carboxylic acids is 1. The Balaban J connectivity index is 1.30. The van der Waals surface area contributed by atoms with Gasteiger partial charge in [-0.1, -0.05) is 60.4 Å². The van der Waals surface area contributed by atoms with E-state index >= 15 is 0 Å². The normalized spacial score (nSPS) is 11.5. The van der Waals surface area contributed by atoms with Gasteiger partial charge in [0.15, 0.2) is 0 Å². The Bertz CT molecular complexity index is 1210. The third-order valence-electron chi connectivity index (χ3n) is 5.48. The molecule has 1 amide bonds. The molecule has 3 aromatic carbocycles. The second-order valence-corrected chi connectivity index (χ2v) is 7.56. The minimum absolute atomic E-state index is 0.0134. The van der Waals surface area contributed by atoms with Crippen molar-refractivity contribution in [2.45, 2.75) is 12.3 Å². The van der Waals surface area contributed by atoms with Crippen molar-refractivity contribution in [1.29, 1.82) is 0 Å². The molecule has 6 nitrogen and oxygen atoms in total. The zero-order valence-electron chi connectivity index (χ0n) is 18.1. The third-order valence-corrected chi connectivity index (χ3v) is 5.48. The lowest BCUT2D eigenvalue weighted by Gasteiger charge is -2.14. The Morgan fingerprint density at radius 1 is 1.00 bits per heavy atom. The van der Waals surface area contributed by atoms with E-state index in [0.717, 1.165) is 11.1 Å². The Morgan fingerprint density at radius 2 is 1.67 bits per heavy atom. The molecule has 1 aliphatic rings. The molecule has 0 atom stereocenters. The minimum atomic E-state index is -1.05. The van der Waals surface area contributed by atoms with Crippen LogP contribution in [0.1, 0.15) is 39.4 Å². The van der Waals surface area contributed by atoms with Crippen molar-refractivity contribution in [3.63, 3.8) is 0 Å². The van der Waals surface area contributed by atoms with Gasteiger partial charge in [-0.2, -0.15) is 0 Å². The van der Waals surface area contributed by atoms with E-state index in [1.165, 1.54) is 30.4 Å². The maximum absolute atomic E-state index is 12.2. The molecule has 3 aromatic rings. The summed E-state index contributed by atoms with van der Waals surface area (Å²) in [6.45, 7) is 0.576. The van der Waals surface area contributed by atoms with Gasteiger partial charge in [0, 0.05) is 24.4 Å². The van der Waals surface area contributed by atoms with Gasteiger partial charge in [-0.25, -0.2) is 9.59 Å². The van der Waals surface area contributed by atoms with Crippen LogP contribution in [0, 0.1) is 11.8 Å². The predicted molar refractivity (Wildman–Crippen MR) is 125 cm³/mol. The highest BCUT2D eigenvalue weighted by Gasteiger charge is 2.28. The predicted octanol–water partition coefficient (Wildman–Crippen LogP) is 4.67. The van der Waals surface area contributed by atoms with Gasteiger partial charge in [0.2, 0.25) is 0 Å². The number of carboxylic acid groups (broad SMARTS) is 1. The number of methoxy groups -OCH3 is 1. The van der Waals surface area contributed by atoms with Crippen molar-refractivity contribution < 1.29 is 24.2 Å². The Labute approximate surface area is 192 Å². The van der Waals surface area contributed by atoms with Crippen LogP contribution in [0.5, 0.6) is 5.75 Å². The van der Waals surface area contributed by atoms with E-state index in [0.29, 0.717) is 24.3 Å². The lowest BCUT2D eigenvalue weighted by atomic mass is 9.98. The fourth-order valence-corrected chi connectivity index (χ4v) is 3.95. The molecule has 0 fully saturated rings. The average molecular weight is 441 g/mol. The fraction of sp³-hybridized carbons (Fsp3) is 0.185. The van der Waals surface area contributed by atoms with Gasteiger partial charge in [0.25, 0.3) is 0 Å². The number of nitrogens with one attached hydrogen (secondary N) is 1. The lowest BCUT2D eigenvalue weighted by Crippen LogP contribution is -2.26. The SMILES string of the molecule is COc1cc(C#CCCNC(=O)OCC2c3ccccc3-c3ccccc32)cc(C(=O)O)c1. The number of rotatable bonds is 6. The number of fused-ring (bicyclic) bond motifs is 3. The number of ether oxygens (including phenoxy) is 2. The molecule has 0 unspecified atom stereocenters. The molecule has 166 valence electrons. The number of alkyl carbamates (subject to hydrolysis) is 1. The van der Waals surface area contributed by atoms with Crippen molar-refractivity contribution in [2.75, 3.05) is 20.3 Å². The van der Waals surface area contributed by atoms with Gasteiger partial charge in [0.05, 0.1) is 12.7 Å². The fourth-order valence-electron chi connectivity index (χ4n) is 3.95. The second kappa shape index (κ2) is 9.92. The van der Waals surface area contributed by atoms with Crippen molar-refractivity contribution in [2.24, 2.45) is 0 Å². The maximum Gasteiger partial charge on any atom is 0.407 e. The van der Waals surface area contributed by atoms with Gasteiger partial charge < -0.3 is 19.9 Å². The van der Waals surface area contributed by atoms with Crippen LogP contribution in [0.25, 0.3) is 11.1 Å². The van der Waals surface area contributed by atoms with Gasteiger partial charge in [-0.3, -0.25) is 0 Å². The van der Waals surface area contributed by atoms with Crippen LogP contribution in [0.15, 0.2) is 66.7 Å². The second-order valence-electron chi connectivity index (χ2n) is 7.56. The van der Waals surface area contributed by atoms with Gasteiger partial charge in [0.1, 0.15) is 12.4 Å². The molecule has 33 heavy (non-hydrogen) atoms. The number of amides is 1. The van der Waals surface area contributed by atoms with Gasteiger partial charge >= 0.3 is 12.1 Å². The molecule has 0 heterocycles. The Kier molecular flexibility index (Phi) is 6.61. The van der Waals surface area contributed by atoms with Crippen LogP contribution < -0.4 is 10.1 Å². The highest BCUT2D eigenvalue weighted by atomic mass is 16.5. The van der Waals surface area contributed by atoms with E-state index in [4.69, 9.17) is 9.47 Å². The van der Waals surface area contributed by atoms with E-state index in [2.05, 4.69) is 41.4 Å². The first-order valence-corrected chi connectivity index (χ1v) is 10.6. The van der Waals surface area contributed by atoms with Crippen LogP contribution in [0.4, 0.5) is 4.79 Å². The summed E-state index contributed by atoms with van der Waals surface area (Å²) in [5, 5.41) is 11.9. The number of hydrogen-bond donors (Lipinski definition) is 2. The largest absolute Gasteiger partial charge is 0.497 e. The molecular formula is C27H23NO5. The summed E-state index contributed by atoms with van der Waals surface area (Å²) >= 11 is 0. The Hall–Kier alpha value is -4.24. The summed E-state index contributed by atoms with van der Waals surface area (Å²) in [7, 11) is 1.47. The van der Waals surface area contributed by atoms with Crippen molar-refractivity contribution in [1.82, 2.24) is 5.32 Å². The van der Waals surface area contributed by atoms with Crippen molar-refractivity contribution >= 4 is 12.1 Å². The molecule has 2 N–H and O–H groups in total. The zero-order valence-corrected chi connectivity index (χ0v) is 18.1. The van der Waals surface area contributed by atoms with Gasteiger partial charge in [-0.15, -0.1) is 0 Å². The lowest BCUT2D eigenvalue weighted by molar-refractivity contribution is 0.0696. The molecule has 0 bridgehead atoms. The molecule has 4 rings (SSSR count). The van der Waals surface area contributed by atoms with Crippen LogP contribution in [0.2, 0.25) is 0 Å². The third kappa shape index (κ3) is 4.99. The van der Waals surface area contributed by atoms with Crippen molar-refractivity contribution in [3.8, 4) is 28.7 Å². The number of benzene rings is 3. The highest BCUT2D eigenvalue weighted by Crippen LogP contribution is 2.44. The maximum atomic E-state index is 12.2. The van der Waals surface area contributed by atoms with E-state index in [-0.39, 0.29) is 18.1 Å². The van der Waals surface area contributed by atoms with Gasteiger partial charge in [-0.05, 0) is 40.5 Å².